The molecular weight excluding hydrogens is 951 g/mol. The first-order valence-corrected chi connectivity index (χ1v) is 15.1. The smallest absolute Gasteiger partial charge is 0.329 e. The summed E-state index contributed by atoms with van der Waals surface area (Å²) in [6, 6.07) is 3.57. The van der Waals surface area contributed by atoms with Gasteiger partial charge in [-0.2, -0.15) is 0 Å². The van der Waals surface area contributed by atoms with Gasteiger partial charge in [-0.15, -0.1) is 0 Å². The summed E-state index contributed by atoms with van der Waals surface area (Å²) in [7, 11) is 0. The maximum atomic E-state index is 13.4. The molecule has 1 aliphatic heterocycles. The van der Waals surface area contributed by atoms with Crippen LogP contribution in [-0.2, 0) is 14.3 Å². The Morgan fingerprint density at radius 1 is 0.971 bits per heavy atom. The predicted octanol–water partition coefficient (Wildman–Crippen LogP) is 6.60. The van der Waals surface area contributed by atoms with Gasteiger partial charge in [0.15, 0.2) is 6.61 Å². The number of nitrogens with zero attached hydrogens (tertiary/aromatic N) is 1. The van der Waals surface area contributed by atoms with Crippen LogP contribution in [-0.4, -0.2) is 41.2 Å². The van der Waals surface area contributed by atoms with E-state index in [1.54, 1.807) is 18.2 Å². The number of esters is 1. The van der Waals surface area contributed by atoms with E-state index in [4.69, 9.17) is 27.9 Å². The topological polar surface area (TPSA) is 92.8 Å². The van der Waals surface area contributed by atoms with Gasteiger partial charge in [0.1, 0.15) is 6.04 Å². The van der Waals surface area contributed by atoms with Crippen LogP contribution in [0.4, 0.5) is 5.69 Å². The average molecular weight is 967 g/mol. The summed E-state index contributed by atoms with van der Waals surface area (Å²) in [5.74, 6) is -2.59. The third-order valence-electron chi connectivity index (χ3n) is 4.98. The second kappa shape index (κ2) is 12.3. The molecule has 1 aliphatic rings. The van der Waals surface area contributed by atoms with Crippen molar-refractivity contribution in [3.8, 4) is 0 Å². The molecule has 0 fully saturated rings. The van der Waals surface area contributed by atoms with Crippen molar-refractivity contribution in [2.75, 3.05) is 11.9 Å². The Bertz CT molecular complexity index is 1210. The van der Waals surface area contributed by atoms with E-state index in [9.17, 15) is 19.2 Å². The maximum absolute atomic E-state index is 13.4. The van der Waals surface area contributed by atoms with E-state index in [0.29, 0.717) is 18.3 Å². The van der Waals surface area contributed by atoms with E-state index in [0.717, 1.165) is 12.0 Å². The van der Waals surface area contributed by atoms with Gasteiger partial charge in [-0.05, 0) is 115 Å². The Balaban J connectivity index is 1.83. The Labute approximate surface area is 266 Å². The number of halogens is 6. The summed E-state index contributed by atoms with van der Waals surface area (Å²) in [6.45, 7) is 3.11. The molecule has 3 amide bonds. The molecule has 1 N–H and O–H groups in total. The zero-order chi connectivity index (χ0) is 26.2. The SMILES string of the molecule is CC(C)C[C@H](C(=O)OCC(=O)Nc1cccc(Cl)c1Cl)N1C(=O)c2c(I)c(I)c(I)c(I)c2C1=O. The molecule has 3 rings (SSSR count). The lowest BCUT2D eigenvalue weighted by Crippen LogP contribution is -2.47. The van der Waals surface area contributed by atoms with Crippen LogP contribution in [0.5, 0.6) is 0 Å². The van der Waals surface area contributed by atoms with Gasteiger partial charge in [0.25, 0.3) is 17.7 Å². The summed E-state index contributed by atoms with van der Waals surface area (Å²) >= 11 is 20.4. The molecule has 1 atom stereocenters. The van der Waals surface area contributed by atoms with Crippen molar-refractivity contribution >= 4 is 143 Å². The number of ether oxygens (including phenoxy) is 1. The normalized spacial score (nSPS) is 13.8. The average Bonchev–Trinajstić information content (AvgIpc) is 3.06. The standard InChI is InChI=1S/C22H16Cl2I4N2O5/c1-8(2)6-11(22(34)35-7-12(31)29-10-5-3-4-9(23)15(10)24)30-20(32)13-14(21(30)33)17(26)19(28)18(27)16(13)25/h3-5,8,11H,6-7H2,1-2H3,(H,29,31)/t11-/m1/s1. The number of imide groups is 1. The second-order valence-electron chi connectivity index (χ2n) is 7.89. The van der Waals surface area contributed by atoms with E-state index in [2.05, 4.69) is 95.7 Å². The van der Waals surface area contributed by atoms with Gasteiger partial charge in [-0.25, -0.2) is 4.79 Å². The van der Waals surface area contributed by atoms with Crippen molar-refractivity contribution in [2.24, 2.45) is 5.92 Å². The molecule has 2 aromatic carbocycles. The van der Waals surface area contributed by atoms with Crippen molar-refractivity contribution in [3.63, 3.8) is 0 Å². The van der Waals surface area contributed by atoms with Crippen LogP contribution in [0.1, 0.15) is 41.0 Å². The van der Waals surface area contributed by atoms with Crippen molar-refractivity contribution < 1.29 is 23.9 Å². The lowest BCUT2D eigenvalue weighted by molar-refractivity contribution is -0.151. The largest absolute Gasteiger partial charge is 0.454 e. The van der Waals surface area contributed by atoms with Crippen LogP contribution in [0.15, 0.2) is 18.2 Å². The predicted molar refractivity (Wildman–Crippen MR) is 167 cm³/mol. The van der Waals surface area contributed by atoms with E-state index in [-0.39, 0.29) is 28.1 Å². The molecule has 7 nitrogen and oxygen atoms in total. The minimum atomic E-state index is -1.17. The molecule has 1 heterocycles. The van der Waals surface area contributed by atoms with Crippen molar-refractivity contribution in [1.29, 1.82) is 0 Å². The fraction of sp³-hybridized carbons (Fsp3) is 0.273. The number of amides is 3. The number of hydrogen-bond donors (Lipinski definition) is 1. The quantitative estimate of drug-likeness (QED) is 0.111. The molecule has 0 radical (unpaired) electrons. The van der Waals surface area contributed by atoms with E-state index in [1.807, 2.05) is 13.8 Å². The van der Waals surface area contributed by atoms with Crippen LogP contribution in [0, 0.1) is 20.2 Å². The van der Waals surface area contributed by atoms with Crippen LogP contribution < -0.4 is 5.32 Å². The Morgan fingerprint density at radius 2 is 1.51 bits per heavy atom. The van der Waals surface area contributed by atoms with Crippen LogP contribution in [0.3, 0.4) is 0 Å². The lowest BCUT2D eigenvalue weighted by atomic mass is 10.0. The Hall–Kier alpha value is 0.0200. The van der Waals surface area contributed by atoms with Gasteiger partial charge in [-0.1, -0.05) is 43.1 Å². The fourth-order valence-corrected chi connectivity index (χ4v) is 7.42. The highest BCUT2D eigenvalue weighted by Crippen LogP contribution is 2.39. The van der Waals surface area contributed by atoms with Crippen molar-refractivity contribution in [3.05, 3.63) is 53.7 Å². The number of carbonyl (C=O) groups is 4. The van der Waals surface area contributed by atoms with E-state index < -0.39 is 36.3 Å². The van der Waals surface area contributed by atoms with Gasteiger partial charge < -0.3 is 10.1 Å². The number of fused-ring (bicyclic) bond motifs is 1. The van der Waals surface area contributed by atoms with Crippen molar-refractivity contribution in [2.45, 2.75) is 26.3 Å². The third-order valence-corrected chi connectivity index (χ3v) is 13.2. The van der Waals surface area contributed by atoms with Gasteiger partial charge in [0, 0.05) is 14.3 Å². The first-order chi connectivity index (χ1) is 16.4. The van der Waals surface area contributed by atoms with Crippen LogP contribution >= 0.6 is 114 Å². The molecule has 2 aromatic rings. The number of anilines is 1. The first kappa shape index (κ1) is 29.6. The van der Waals surface area contributed by atoms with Gasteiger partial charge in [0.2, 0.25) is 0 Å². The molecule has 0 aromatic heterocycles. The minimum absolute atomic E-state index is 0.0330. The molecule has 0 spiro atoms. The van der Waals surface area contributed by atoms with E-state index in [1.165, 1.54) is 0 Å². The number of carbonyl (C=O) groups excluding carboxylic acids is 4. The second-order valence-corrected chi connectivity index (χ2v) is 13.0. The zero-order valence-corrected chi connectivity index (χ0v) is 28.2. The highest BCUT2D eigenvalue weighted by molar-refractivity contribution is 14.1. The van der Waals surface area contributed by atoms with Crippen LogP contribution in [0.2, 0.25) is 10.0 Å². The molecule has 35 heavy (non-hydrogen) atoms. The highest BCUT2D eigenvalue weighted by Gasteiger charge is 2.47. The number of benzene rings is 2. The summed E-state index contributed by atoms with van der Waals surface area (Å²) in [6.07, 6.45) is 0.188. The molecule has 0 saturated carbocycles. The molecule has 13 heteroatoms. The summed E-state index contributed by atoms with van der Waals surface area (Å²) in [4.78, 5) is 53.2. The Kier molecular flexibility index (Phi) is 10.4. The first-order valence-electron chi connectivity index (χ1n) is 10.0. The number of hydrogen-bond acceptors (Lipinski definition) is 5. The van der Waals surface area contributed by atoms with Crippen LogP contribution in [0.25, 0.3) is 0 Å². The summed E-state index contributed by atoms with van der Waals surface area (Å²) in [5.41, 5.74) is 0.854. The summed E-state index contributed by atoms with van der Waals surface area (Å²) < 4.78 is 8.31. The number of rotatable bonds is 7. The number of nitrogens with one attached hydrogen (secondary N) is 1. The van der Waals surface area contributed by atoms with Crippen molar-refractivity contribution in [1.82, 2.24) is 4.90 Å². The monoisotopic (exact) mass is 966 g/mol. The molecule has 186 valence electrons. The fourth-order valence-electron chi connectivity index (χ4n) is 3.42. The zero-order valence-electron chi connectivity index (χ0n) is 18.1. The summed E-state index contributed by atoms with van der Waals surface area (Å²) in [5, 5.41) is 2.95. The molecule has 0 bridgehead atoms. The maximum Gasteiger partial charge on any atom is 0.329 e. The van der Waals surface area contributed by atoms with E-state index >= 15 is 0 Å². The Morgan fingerprint density at radius 3 is 2.03 bits per heavy atom. The van der Waals surface area contributed by atoms with Gasteiger partial charge in [0.05, 0.1) is 26.9 Å². The lowest BCUT2D eigenvalue weighted by Gasteiger charge is -2.26. The molecular formula is C22H16Cl2I4N2O5. The molecule has 0 saturated heterocycles. The van der Waals surface area contributed by atoms with Gasteiger partial charge >= 0.3 is 5.97 Å². The molecule has 0 unspecified atom stereocenters. The minimum Gasteiger partial charge on any atom is -0.454 e. The third kappa shape index (κ3) is 6.20. The molecule has 0 aliphatic carbocycles. The van der Waals surface area contributed by atoms with Gasteiger partial charge in [-0.3, -0.25) is 19.3 Å². The highest BCUT2D eigenvalue weighted by atomic mass is 127.